The van der Waals surface area contributed by atoms with E-state index in [-0.39, 0.29) is 0 Å². The third-order valence-electron chi connectivity index (χ3n) is 5.42. The third kappa shape index (κ3) is 4.36. The van der Waals surface area contributed by atoms with Crippen molar-refractivity contribution in [3.05, 3.63) is 83.9 Å². The number of rotatable bonds is 6. The molecule has 0 radical (unpaired) electrons. The van der Waals surface area contributed by atoms with Crippen molar-refractivity contribution in [3.63, 3.8) is 0 Å². The van der Waals surface area contributed by atoms with Gasteiger partial charge >= 0.3 is 0 Å². The summed E-state index contributed by atoms with van der Waals surface area (Å²) in [7, 11) is 0. The Morgan fingerprint density at radius 2 is 1.46 bits per heavy atom. The van der Waals surface area contributed by atoms with Crippen LogP contribution in [0.5, 0.6) is 0 Å². The summed E-state index contributed by atoms with van der Waals surface area (Å²) < 4.78 is 0. The van der Waals surface area contributed by atoms with E-state index in [0.717, 1.165) is 5.92 Å². The Kier molecular flexibility index (Phi) is 5.87. The molecule has 0 bridgehead atoms. The lowest BCUT2D eigenvalue weighted by molar-refractivity contribution is 0.195. The summed E-state index contributed by atoms with van der Waals surface area (Å²) in [6, 6.07) is 21.9. The van der Waals surface area contributed by atoms with Gasteiger partial charge in [0.1, 0.15) is 0 Å². The fraction of sp³-hybridized carbons (Fsp3) is 0.391. The molecule has 1 aliphatic rings. The average molecular weight is 319 g/mol. The van der Waals surface area contributed by atoms with Crippen LogP contribution in [0.25, 0.3) is 0 Å². The maximum Gasteiger partial charge on any atom is 0.0101 e. The van der Waals surface area contributed by atoms with Gasteiger partial charge < -0.3 is 4.90 Å². The SMILES string of the molecule is C=C(C)C1CCN(CCC(c2ccccc2)c2ccccc2)CC1. The van der Waals surface area contributed by atoms with E-state index in [1.165, 1.54) is 55.6 Å². The molecular formula is C23H29N. The van der Waals surface area contributed by atoms with E-state index in [2.05, 4.69) is 79.1 Å². The molecule has 0 N–H and O–H groups in total. The van der Waals surface area contributed by atoms with Gasteiger partial charge in [0.15, 0.2) is 0 Å². The van der Waals surface area contributed by atoms with Crippen molar-refractivity contribution in [2.75, 3.05) is 19.6 Å². The van der Waals surface area contributed by atoms with Crippen LogP contribution in [-0.4, -0.2) is 24.5 Å². The summed E-state index contributed by atoms with van der Waals surface area (Å²) in [5, 5.41) is 0. The van der Waals surface area contributed by atoms with E-state index in [1.807, 2.05) is 0 Å². The fourth-order valence-electron chi connectivity index (χ4n) is 3.86. The van der Waals surface area contributed by atoms with Gasteiger partial charge in [-0.25, -0.2) is 0 Å². The van der Waals surface area contributed by atoms with Crippen molar-refractivity contribution >= 4 is 0 Å². The molecule has 1 aliphatic heterocycles. The second-order valence-electron chi connectivity index (χ2n) is 7.12. The smallest absolute Gasteiger partial charge is 0.0101 e. The highest BCUT2D eigenvalue weighted by molar-refractivity contribution is 5.32. The van der Waals surface area contributed by atoms with E-state index in [1.54, 1.807) is 0 Å². The van der Waals surface area contributed by atoms with Gasteiger partial charge in [-0.05, 0) is 62.9 Å². The zero-order chi connectivity index (χ0) is 16.8. The molecule has 1 heterocycles. The molecule has 0 amide bonds. The first-order valence-electron chi connectivity index (χ1n) is 9.21. The van der Waals surface area contributed by atoms with Gasteiger partial charge in [0.25, 0.3) is 0 Å². The Morgan fingerprint density at radius 1 is 0.958 bits per heavy atom. The van der Waals surface area contributed by atoms with E-state index in [0.29, 0.717) is 5.92 Å². The average Bonchev–Trinajstić information content (AvgIpc) is 2.64. The van der Waals surface area contributed by atoms with Gasteiger partial charge in [-0.2, -0.15) is 0 Å². The predicted molar refractivity (Wildman–Crippen MR) is 103 cm³/mol. The first-order chi connectivity index (χ1) is 11.7. The monoisotopic (exact) mass is 319 g/mol. The summed E-state index contributed by atoms with van der Waals surface area (Å²) in [4.78, 5) is 2.64. The molecule has 3 rings (SSSR count). The molecule has 0 spiro atoms. The first-order valence-corrected chi connectivity index (χ1v) is 9.21. The number of likely N-dealkylation sites (tertiary alicyclic amines) is 1. The Labute approximate surface area is 147 Å². The standard InChI is InChI=1S/C23H29N/c1-19(2)20-13-16-24(17-14-20)18-15-23(21-9-5-3-6-10-21)22-11-7-4-8-12-22/h3-12,20,23H,1,13-18H2,2H3. The minimum atomic E-state index is 0.492. The van der Waals surface area contributed by atoms with Gasteiger partial charge in [0, 0.05) is 5.92 Å². The summed E-state index contributed by atoms with van der Waals surface area (Å²) in [5.74, 6) is 1.23. The van der Waals surface area contributed by atoms with Crippen molar-refractivity contribution in [2.45, 2.75) is 32.1 Å². The van der Waals surface area contributed by atoms with E-state index in [4.69, 9.17) is 0 Å². The van der Waals surface area contributed by atoms with Crippen molar-refractivity contribution in [1.29, 1.82) is 0 Å². The highest BCUT2D eigenvalue weighted by atomic mass is 15.1. The Bertz CT molecular complexity index is 584. The molecule has 0 unspecified atom stereocenters. The number of hydrogen-bond acceptors (Lipinski definition) is 1. The minimum Gasteiger partial charge on any atom is -0.303 e. The molecule has 0 aromatic heterocycles. The van der Waals surface area contributed by atoms with E-state index >= 15 is 0 Å². The fourth-order valence-corrected chi connectivity index (χ4v) is 3.86. The zero-order valence-corrected chi connectivity index (χ0v) is 14.8. The van der Waals surface area contributed by atoms with Gasteiger partial charge in [-0.15, -0.1) is 0 Å². The van der Waals surface area contributed by atoms with Crippen LogP contribution < -0.4 is 0 Å². The molecule has 1 saturated heterocycles. The van der Waals surface area contributed by atoms with Crippen LogP contribution in [-0.2, 0) is 0 Å². The van der Waals surface area contributed by atoms with Crippen LogP contribution in [0.3, 0.4) is 0 Å². The largest absolute Gasteiger partial charge is 0.303 e. The molecule has 1 heteroatoms. The second-order valence-corrected chi connectivity index (χ2v) is 7.12. The van der Waals surface area contributed by atoms with Crippen LogP contribution in [0.4, 0.5) is 0 Å². The van der Waals surface area contributed by atoms with Crippen LogP contribution in [0.2, 0.25) is 0 Å². The van der Waals surface area contributed by atoms with E-state index in [9.17, 15) is 0 Å². The maximum atomic E-state index is 4.14. The van der Waals surface area contributed by atoms with Gasteiger partial charge in [-0.3, -0.25) is 0 Å². The molecule has 2 aromatic rings. The maximum absolute atomic E-state index is 4.14. The summed E-state index contributed by atoms with van der Waals surface area (Å²) >= 11 is 0. The topological polar surface area (TPSA) is 3.24 Å². The van der Waals surface area contributed by atoms with Crippen LogP contribution in [0, 0.1) is 5.92 Å². The molecule has 126 valence electrons. The molecule has 0 atom stereocenters. The zero-order valence-electron chi connectivity index (χ0n) is 14.8. The molecule has 24 heavy (non-hydrogen) atoms. The van der Waals surface area contributed by atoms with Crippen LogP contribution in [0.1, 0.15) is 43.2 Å². The summed E-state index contributed by atoms with van der Waals surface area (Å²) in [6.45, 7) is 9.93. The van der Waals surface area contributed by atoms with Crippen molar-refractivity contribution in [1.82, 2.24) is 4.90 Å². The molecule has 1 nitrogen and oxygen atoms in total. The van der Waals surface area contributed by atoms with Gasteiger partial charge in [0.05, 0.1) is 0 Å². The van der Waals surface area contributed by atoms with Crippen molar-refractivity contribution < 1.29 is 0 Å². The highest BCUT2D eigenvalue weighted by Crippen LogP contribution is 2.29. The van der Waals surface area contributed by atoms with Crippen LogP contribution >= 0.6 is 0 Å². The normalized spacial score (nSPS) is 16.4. The Hall–Kier alpha value is -1.86. The lowest BCUT2D eigenvalue weighted by Crippen LogP contribution is -2.35. The van der Waals surface area contributed by atoms with Gasteiger partial charge in [-0.1, -0.05) is 72.8 Å². The summed E-state index contributed by atoms with van der Waals surface area (Å²) in [6.07, 6.45) is 3.74. The van der Waals surface area contributed by atoms with Crippen molar-refractivity contribution in [3.8, 4) is 0 Å². The Balaban J connectivity index is 1.64. The number of allylic oxidation sites excluding steroid dienone is 1. The Morgan fingerprint density at radius 3 is 1.92 bits per heavy atom. The number of nitrogens with zero attached hydrogens (tertiary/aromatic N) is 1. The lowest BCUT2D eigenvalue weighted by atomic mass is 9.87. The minimum absolute atomic E-state index is 0.492. The molecule has 1 fully saturated rings. The molecule has 0 aliphatic carbocycles. The van der Waals surface area contributed by atoms with Crippen molar-refractivity contribution in [2.24, 2.45) is 5.92 Å². The highest BCUT2D eigenvalue weighted by Gasteiger charge is 2.21. The van der Waals surface area contributed by atoms with Crippen LogP contribution in [0.15, 0.2) is 72.8 Å². The molecule has 2 aromatic carbocycles. The second kappa shape index (κ2) is 8.30. The number of hydrogen-bond donors (Lipinski definition) is 0. The quantitative estimate of drug-likeness (QED) is 0.636. The molecular weight excluding hydrogens is 290 g/mol. The van der Waals surface area contributed by atoms with Gasteiger partial charge in [0.2, 0.25) is 0 Å². The summed E-state index contributed by atoms with van der Waals surface area (Å²) in [5.41, 5.74) is 4.22. The lowest BCUT2D eigenvalue weighted by Gasteiger charge is -2.33. The predicted octanol–water partition coefficient (Wildman–Crippen LogP) is 5.50. The number of piperidine rings is 1. The first kappa shape index (κ1) is 17.0. The molecule has 0 saturated carbocycles. The van der Waals surface area contributed by atoms with E-state index < -0.39 is 0 Å². The third-order valence-corrected chi connectivity index (χ3v) is 5.42. The number of benzene rings is 2.